The van der Waals surface area contributed by atoms with Crippen LogP contribution in [-0.4, -0.2) is 27.4 Å². The molecule has 106 valence electrons. The maximum atomic E-state index is 11.8. The minimum atomic E-state index is -1.13. The molecule has 0 heterocycles. The summed E-state index contributed by atoms with van der Waals surface area (Å²) >= 11 is 0. The Labute approximate surface area is 114 Å². The van der Waals surface area contributed by atoms with Crippen LogP contribution in [0.2, 0.25) is 0 Å². The summed E-state index contributed by atoms with van der Waals surface area (Å²) in [4.78, 5) is 32.9. The van der Waals surface area contributed by atoms with Crippen molar-refractivity contribution in [1.82, 2.24) is 5.32 Å². The third-order valence-electron chi connectivity index (χ3n) is 3.51. The van der Waals surface area contributed by atoms with E-state index in [0.29, 0.717) is 18.4 Å². The lowest BCUT2D eigenvalue weighted by Crippen LogP contribution is -2.59. The normalized spacial score (nSPS) is 16.0. The maximum Gasteiger partial charge on any atom is 0.329 e. The molecule has 1 aliphatic carbocycles. The number of rotatable bonds is 5. The number of amides is 1. The number of hydrogen-bond donors (Lipinski definition) is 2. The van der Waals surface area contributed by atoms with E-state index in [1.54, 1.807) is 0 Å². The van der Waals surface area contributed by atoms with Crippen LogP contribution < -0.4 is 5.32 Å². The number of carboxylic acid groups (broad SMARTS) is 1. The van der Waals surface area contributed by atoms with Crippen molar-refractivity contribution in [3.63, 3.8) is 0 Å². The molecular formula is C13H14N2O5. The van der Waals surface area contributed by atoms with Crippen molar-refractivity contribution in [3.8, 4) is 0 Å². The zero-order chi connectivity index (χ0) is 14.8. The van der Waals surface area contributed by atoms with Gasteiger partial charge in [-0.3, -0.25) is 14.9 Å². The largest absolute Gasteiger partial charge is 0.480 e. The van der Waals surface area contributed by atoms with Gasteiger partial charge in [-0.25, -0.2) is 4.79 Å². The number of carbonyl (C=O) groups is 2. The lowest BCUT2D eigenvalue weighted by Gasteiger charge is -2.38. The van der Waals surface area contributed by atoms with E-state index in [1.165, 1.54) is 24.3 Å². The van der Waals surface area contributed by atoms with E-state index >= 15 is 0 Å². The lowest BCUT2D eigenvalue weighted by atomic mass is 9.76. The van der Waals surface area contributed by atoms with Gasteiger partial charge in [0.05, 0.1) is 11.3 Å². The third kappa shape index (κ3) is 2.76. The zero-order valence-electron chi connectivity index (χ0n) is 10.7. The lowest BCUT2D eigenvalue weighted by molar-refractivity contribution is -0.384. The molecule has 1 saturated carbocycles. The SMILES string of the molecule is O=C(Cc1ccc([N+](=O)[O-])cc1)NC1(C(=O)O)CCC1. The van der Waals surface area contributed by atoms with Gasteiger partial charge in [-0.05, 0) is 24.8 Å². The molecule has 0 spiro atoms. The number of nitro benzene ring substituents is 1. The second-order valence-corrected chi connectivity index (χ2v) is 4.89. The van der Waals surface area contributed by atoms with Crippen molar-refractivity contribution in [3.05, 3.63) is 39.9 Å². The Morgan fingerprint density at radius 2 is 1.90 bits per heavy atom. The summed E-state index contributed by atoms with van der Waals surface area (Å²) in [6.07, 6.45) is 1.67. The van der Waals surface area contributed by atoms with Gasteiger partial charge in [0.15, 0.2) is 0 Å². The molecule has 1 aromatic rings. The maximum absolute atomic E-state index is 11.8. The summed E-state index contributed by atoms with van der Waals surface area (Å²) in [6.45, 7) is 0. The van der Waals surface area contributed by atoms with E-state index < -0.39 is 16.4 Å². The molecule has 0 bridgehead atoms. The first-order valence-electron chi connectivity index (χ1n) is 6.21. The second-order valence-electron chi connectivity index (χ2n) is 4.89. The molecule has 0 unspecified atom stereocenters. The van der Waals surface area contributed by atoms with Gasteiger partial charge in [0, 0.05) is 12.1 Å². The molecular weight excluding hydrogens is 264 g/mol. The summed E-state index contributed by atoms with van der Waals surface area (Å²) in [5, 5.41) is 22.2. The van der Waals surface area contributed by atoms with Crippen LogP contribution in [0.4, 0.5) is 5.69 Å². The highest BCUT2D eigenvalue weighted by Gasteiger charge is 2.45. The summed E-state index contributed by atoms with van der Waals surface area (Å²) in [5.74, 6) is -1.40. The second kappa shape index (κ2) is 5.28. The van der Waals surface area contributed by atoms with Crippen LogP contribution in [0.15, 0.2) is 24.3 Å². The Morgan fingerprint density at radius 1 is 1.30 bits per heavy atom. The number of non-ortho nitro benzene ring substituents is 1. The van der Waals surface area contributed by atoms with Crippen molar-refractivity contribution in [2.75, 3.05) is 0 Å². The zero-order valence-corrected chi connectivity index (χ0v) is 10.7. The number of nitrogens with zero attached hydrogens (tertiary/aromatic N) is 1. The van der Waals surface area contributed by atoms with Crippen LogP contribution in [0.1, 0.15) is 24.8 Å². The van der Waals surface area contributed by atoms with E-state index in [2.05, 4.69) is 5.32 Å². The Kier molecular flexibility index (Phi) is 3.69. The Morgan fingerprint density at radius 3 is 2.30 bits per heavy atom. The van der Waals surface area contributed by atoms with Gasteiger partial charge in [-0.2, -0.15) is 0 Å². The standard InChI is InChI=1S/C13H14N2O5/c16-11(14-13(12(17)18)6-1-7-13)8-9-2-4-10(5-3-9)15(19)20/h2-5H,1,6-8H2,(H,14,16)(H,17,18). The van der Waals surface area contributed by atoms with Crippen molar-refractivity contribution in [2.45, 2.75) is 31.2 Å². The molecule has 7 nitrogen and oxygen atoms in total. The number of nitro groups is 1. The number of carbonyl (C=O) groups excluding carboxylic acids is 1. The van der Waals surface area contributed by atoms with Gasteiger partial charge >= 0.3 is 5.97 Å². The fourth-order valence-electron chi connectivity index (χ4n) is 2.15. The Hall–Kier alpha value is -2.44. The van der Waals surface area contributed by atoms with Crippen molar-refractivity contribution >= 4 is 17.6 Å². The molecule has 2 N–H and O–H groups in total. The summed E-state index contributed by atoms with van der Waals surface area (Å²) in [6, 6.07) is 5.62. The number of hydrogen-bond acceptors (Lipinski definition) is 4. The molecule has 2 rings (SSSR count). The number of aliphatic carboxylic acids is 1. The van der Waals surface area contributed by atoms with Crippen molar-refractivity contribution in [2.24, 2.45) is 0 Å². The average Bonchev–Trinajstić information content (AvgIpc) is 2.34. The first-order valence-corrected chi connectivity index (χ1v) is 6.21. The third-order valence-corrected chi connectivity index (χ3v) is 3.51. The molecule has 1 aromatic carbocycles. The molecule has 1 amide bonds. The number of benzene rings is 1. The molecule has 1 aliphatic rings. The fourth-order valence-corrected chi connectivity index (χ4v) is 2.15. The first-order chi connectivity index (χ1) is 9.43. The predicted molar refractivity (Wildman–Crippen MR) is 69.2 cm³/mol. The monoisotopic (exact) mass is 278 g/mol. The van der Waals surface area contributed by atoms with Gasteiger partial charge in [0.25, 0.3) is 5.69 Å². The van der Waals surface area contributed by atoms with E-state index in [4.69, 9.17) is 5.11 Å². The van der Waals surface area contributed by atoms with Gasteiger partial charge in [0.2, 0.25) is 5.91 Å². The minimum Gasteiger partial charge on any atom is -0.480 e. The number of carboxylic acids is 1. The molecule has 20 heavy (non-hydrogen) atoms. The Bertz CT molecular complexity index is 548. The minimum absolute atomic E-state index is 0.00697. The molecule has 0 saturated heterocycles. The molecule has 0 aromatic heterocycles. The highest BCUT2D eigenvalue weighted by Crippen LogP contribution is 2.32. The smallest absolute Gasteiger partial charge is 0.329 e. The molecule has 0 atom stereocenters. The number of nitrogens with one attached hydrogen (secondary N) is 1. The predicted octanol–water partition coefficient (Wildman–Crippen LogP) is 1.26. The first kappa shape index (κ1) is 14.0. The highest BCUT2D eigenvalue weighted by molar-refractivity contribution is 5.88. The average molecular weight is 278 g/mol. The van der Waals surface area contributed by atoms with E-state index in [1.807, 2.05) is 0 Å². The Balaban J connectivity index is 1.97. The molecule has 0 radical (unpaired) electrons. The quantitative estimate of drug-likeness (QED) is 0.622. The highest BCUT2D eigenvalue weighted by atomic mass is 16.6. The molecule has 7 heteroatoms. The van der Waals surface area contributed by atoms with Gasteiger partial charge in [0.1, 0.15) is 5.54 Å². The summed E-state index contributed by atoms with van der Waals surface area (Å²) < 4.78 is 0. The van der Waals surface area contributed by atoms with Gasteiger partial charge in [-0.15, -0.1) is 0 Å². The van der Waals surface area contributed by atoms with Crippen LogP contribution in [0, 0.1) is 10.1 Å². The topological polar surface area (TPSA) is 110 Å². The fraction of sp³-hybridized carbons (Fsp3) is 0.385. The van der Waals surface area contributed by atoms with Gasteiger partial charge in [-0.1, -0.05) is 12.1 Å². The van der Waals surface area contributed by atoms with E-state index in [9.17, 15) is 19.7 Å². The van der Waals surface area contributed by atoms with Crippen LogP contribution in [0.3, 0.4) is 0 Å². The summed E-state index contributed by atoms with van der Waals surface area (Å²) in [5.41, 5.74) is -0.569. The van der Waals surface area contributed by atoms with E-state index in [-0.39, 0.29) is 18.0 Å². The van der Waals surface area contributed by atoms with Crippen LogP contribution in [0.5, 0.6) is 0 Å². The molecule has 0 aliphatic heterocycles. The van der Waals surface area contributed by atoms with Crippen LogP contribution in [-0.2, 0) is 16.0 Å². The van der Waals surface area contributed by atoms with E-state index in [0.717, 1.165) is 6.42 Å². The van der Waals surface area contributed by atoms with Crippen molar-refractivity contribution < 1.29 is 19.6 Å². The van der Waals surface area contributed by atoms with Crippen LogP contribution in [0.25, 0.3) is 0 Å². The van der Waals surface area contributed by atoms with Gasteiger partial charge < -0.3 is 10.4 Å². The van der Waals surface area contributed by atoms with Crippen LogP contribution >= 0.6 is 0 Å². The van der Waals surface area contributed by atoms with Crippen molar-refractivity contribution in [1.29, 1.82) is 0 Å². The summed E-state index contributed by atoms with van der Waals surface area (Å²) in [7, 11) is 0. The molecule has 1 fully saturated rings.